The Morgan fingerprint density at radius 1 is 0.791 bits per heavy atom. The number of ether oxygens (including phenoxy) is 3. The lowest BCUT2D eigenvalue weighted by atomic mass is 9.64. The van der Waals surface area contributed by atoms with E-state index in [1.54, 1.807) is 39.9 Å². The molecule has 14 heteroatoms. The topological polar surface area (TPSA) is 157 Å². The molecule has 340 valence electrons. The van der Waals surface area contributed by atoms with Gasteiger partial charge in [-0.3, -0.25) is 19.3 Å². The molecule has 4 aliphatic heterocycles. The number of hydrogen-bond acceptors (Lipinski definition) is 11. The first-order valence-electron chi connectivity index (χ1n) is 22.9. The number of nitrogens with zero attached hydrogens (tertiary/aromatic N) is 6. The van der Waals surface area contributed by atoms with Gasteiger partial charge in [0.05, 0.1) is 35.8 Å². The fraction of sp³-hybridized carbons (Fsp3) is 0.321. The smallest absolute Gasteiger partial charge is 0.421 e. The quantitative estimate of drug-likeness (QED) is 0.0921. The number of hydrogen-bond donors (Lipinski definition) is 1. The number of aromatic nitrogens is 3. The lowest BCUT2D eigenvalue weighted by Crippen LogP contribution is -2.56. The fourth-order valence-electron chi connectivity index (χ4n) is 10.8. The predicted molar refractivity (Wildman–Crippen MR) is 247 cm³/mol. The standard InChI is InChI=1S/C53H50N6O8/c1-65-32-33-66-52(64)58-42-28-23-35(16-15-31-57-43-22-12-11-21-41(43)54-55-57)34-40(42)53(51(58)63)44(49(61)56-29-13-3-2-4-14-30-56)46-50(62)67-47(37-19-9-6-10-20-37)45(36-17-7-5-8-18-36)59(46)48(53)38-24-26-39(60)27-25-38/h5-12,17-28,34,44-48,60H,2-4,13-14,29-33H2,1H3/t44-,45-,46-,47+,48+,53-/m0/s1. The van der Waals surface area contributed by atoms with Crippen LogP contribution >= 0.6 is 0 Å². The number of imide groups is 1. The summed E-state index contributed by atoms with van der Waals surface area (Å²) in [5, 5.41) is 19.3. The number of phenols is 1. The number of amides is 3. The van der Waals surface area contributed by atoms with Crippen molar-refractivity contribution in [1.82, 2.24) is 24.8 Å². The lowest BCUT2D eigenvalue weighted by Gasteiger charge is -2.46. The molecule has 0 aliphatic carbocycles. The van der Waals surface area contributed by atoms with Crippen molar-refractivity contribution in [3.8, 4) is 17.6 Å². The van der Waals surface area contributed by atoms with Gasteiger partial charge in [-0.15, -0.1) is 5.10 Å². The van der Waals surface area contributed by atoms with Crippen LogP contribution in [-0.2, 0) is 40.6 Å². The Morgan fingerprint density at radius 2 is 1.48 bits per heavy atom. The molecule has 3 amide bonds. The van der Waals surface area contributed by atoms with Crippen molar-refractivity contribution in [3.63, 3.8) is 0 Å². The zero-order chi connectivity index (χ0) is 46.1. The van der Waals surface area contributed by atoms with Crippen LogP contribution in [0.2, 0.25) is 0 Å². The molecule has 1 aromatic heterocycles. The van der Waals surface area contributed by atoms with Gasteiger partial charge in [0.1, 0.15) is 42.0 Å². The summed E-state index contributed by atoms with van der Waals surface area (Å²) in [7, 11) is 1.48. The maximum Gasteiger partial charge on any atom is 0.421 e. The molecule has 1 N–H and O–H groups in total. The summed E-state index contributed by atoms with van der Waals surface area (Å²) < 4.78 is 19.3. The molecule has 67 heavy (non-hydrogen) atoms. The average molecular weight is 899 g/mol. The summed E-state index contributed by atoms with van der Waals surface area (Å²) in [6.45, 7) is 0.994. The highest BCUT2D eigenvalue weighted by molar-refractivity contribution is 6.23. The van der Waals surface area contributed by atoms with Gasteiger partial charge in [0.15, 0.2) is 0 Å². The number of morpholine rings is 1. The summed E-state index contributed by atoms with van der Waals surface area (Å²) in [6, 6.07) is 35.2. The molecule has 5 aromatic carbocycles. The molecule has 0 saturated carbocycles. The summed E-state index contributed by atoms with van der Waals surface area (Å²) in [4.78, 5) is 67.3. The number of likely N-dealkylation sites (tertiary alicyclic amines) is 1. The van der Waals surface area contributed by atoms with E-state index in [-0.39, 0.29) is 37.1 Å². The monoisotopic (exact) mass is 898 g/mol. The van der Waals surface area contributed by atoms with Crippen LogP contribution in [-0.4, -0.2) is 93.2 Å². The first-order valence-corrected chi connectivity index (χ1v) is 22.9. The summed E-state index contributed by atoms with van der Waals surface area (Å²) in [5.41, 5.74) is 2.68. The minimum Gasteiger partial charge on any atom is -0.508 e. The number of carbonyl (C=O) groups is 4. The Hall–Kier alpha value is -7.34. The van der Waals surface area contributed by atoms with Gasteiger partial charge in [0.25, 0.3) is 0 Å². The summed E-state index contributed by atoms with van der Waals surface area (Å²) in [6.07, 6.45) is 2.57. The molecule has 4 aliphatic rings. The molecular weight excluding hydrogens is 849 g/mol. The van der Waals surface area contributed by atoms with Crippen molar-refractivity contribution in [2.75, 3.05) is 38.3 Å². The molecule has 14 nitrogen and oxygen atoms in total. The minimum atomic E-state index is -1.96. The number of anilines is 1. The number of phenolic OH excluding ortho intramolecular Hbond substituents is 1. The van der Waals surface area contributed by atoms with E-state index in [0.717, 1.165) is 59.2 Å². The van der Waals surface area contributed by atoms with E-state index >= 15 is 14.4 Å². The predicted octanol–water partition coefficient (Wildman–Crippen LogP) is 7.43. The van der Waals surface area contributed by atoms with Gasteiger partial charge in [-0.1, -0.05) is 121 Å². The van der Waals surface area contributed by atoms with Crippen LogP contribution in [0.4, 0.5) is 10.5 Å². The van der Waals surface area contributed by atoms with Crippen LogP contribution in [0, 0.1) is 17.8 Å². The number of aromatic hydroxyl groups is 1. The number of fused-ring (bicyclic) bond motifs is 4. The molecule has 3 saturated heterocycles. The molecule has 0 unspecified atom stereocenters. The van der Waals surface area contributed by atoms with Crippen molar-refractivity contribution < 1.29 is 38.5 Å². The van der Waals surface area contributed by atoms with Crippen molar-refractivity contribution in [1.29, 1.82) is 0 Å². The van der Waals surface area contributed by atoms with Crippen molar-refractivity contribution >= 4 is 40.6 Å². The second-order valence-electron chi connectivity index (χ2n) is 17.5. The van der Waals surface area contributed by atoms with Gasteiger partial charge >= 0.3 is 12.1 Å². The van der Waals surface area contributed by atoms with Crippen LogP contribution in [0.3, 0.4) is 0 Å². The SMILES string of the molecule is COCCOC(=O)N1C(=O)[C@@]2(c3cc(C#CCn4nnc5ccccc54)ccc31)[C@H](C(=O)N1CCCCCCC1)[C@H]1C(=O)O[C@H](c3ccccc3)[C@H](c3ccccc3)N1[C@@H]2c1ccc(O)cc1. The number of rotatable bonds is 8. The summed E-state index contributed by atoms with van der Waals surface area (Å²) >= 11 is 0. The van der Waals surface area contributed by atoms with E-state index < -0.39 is 53.5 Å². The van der Waals surface area contributed by atoms with Gasteiger partial charge < -0.3 is 24.2 Å². The first kappa shape index (κ1) is 43.5. The minimum absolute atomic E-state index is 0.0142. The van der Waals surface area contributed by atoms with Crippen molar-refractivity contribution in [2.45, 2.75) is 68.3 Å². The highest BCUT2D eigenvalue weighted by atomic mass is 16.6. The number of esters is 1. The molecule has 6 aromatic rings. The average Bonchev–Trinajstić information content (AvgIpc) is 3.98. The van der Waals surface area contributed by atoms with Crippen molar-refractivity contribution in [2.24, 2.45) is 5.92 Å². The molecule has 3 fully saturated rings. The summed E-state index contributed by atoms with van der Waals surface area (Å²) in [5.74, 6) is 3.29. The second kappa shape index (κ2) is 18.5. The van der Waals surface area contributed by atoms with E-state index in [9.17, 15) is 9.90 Å². The van der Waals surface area contributed by atoms with E-state index in [2.05, 4.69) is 22.2 Å². The highest BCUT2D eigenvalue weighted by Crippen LogP contribution is 2.66. The Morgan fingerprint density at radius 3 is 2.21 bits per heavy atom. The first-order chi connectivity index (χ1) is 32.8. The van der Waals surface area contributed by atoms with Gasteiger partial charge in [0, 0.05) is 25.8 Å². The van der Waals surface area contributed by atoms with Crippen molar-refractivity contribution in [3.05, 3.63) is 155 Å². The third-order valence-electron chi connectivity index (χ3n) is 13.7. The van der Waals surface area contributed by atoms with Gasteiger partial charge in [0.2, 0.25) is 11.8 Å². The molecule has 0 radical (unpaired) electrons. The van der Waals surface area contributed by atoms with E-state index in [1.807, 2.05) is 89.8 Å². The van der Waals surface area contributed by atoms with Gasteiger partial charge in [-0.2, -0.15) is 0 Å². The third kappa shape index (κ3) is 7.67. The maximum atomic E-state index is 16.4. The molecule has 10 rings (SSSR count). The molecule has 5 heterocycles. The molecule has 1 spiro atoms. The second-order valence-corrected chi connectivity index (χ2v) is 17.5. The van der Waals surface area contributed by atoms with Crippen LogP contribution in [0.25, 0.3) is 11.0 Å². The van der Waals surface area contributed by atoms with Crippen LogP contribution in [0.15, 0.2) is 127 Å². The Labute approximate surface area is 388 Å². The zero-order valence-electron chi connectivity index (χ0n) is 37.1. The van der Waals surface area contributed by atoms with E-state index in [4.69, 9.17) is 14.2 Å². The molecule has 0 bridgehead atoms. The molecule has 6 atom stereocenters. The maximum absolute atomic E-state index is 16.4. The normalized spacial score (nSPS) is 23.7. The Kier molecular flexibility index (Phi) is 12.0. The number of benzene rings is 5. The number of carbonyl (C=O) groups excluding carboxylic acids is 4. The van der Waals surface area contributed by atoms with Gasteiger partial charge in [-0.05, 0) is 77.6 Å². The van der Waals surface area contributed by atoms with E-state index in [1.165, 1.54) is 19.2 Å². The number of methoxy groups -OCH3 is 1. The zero-order valence-corrected chi connectivity index (χ0v) is 37.1. The molecular formula is C53H50N6O8. The largest absolute Gasteiger partial charge is 0.508 e. The number of para-hydroxylation sites is 1. The lowest BCUT2D eigenvalue weighted by molar-refractivity contribution is -0.179. The Balaban J connectivity index is 1.24. The van der Waals surface area contributed by atoms with Crippen LogP contribution in [0.1, 0.15) is 78.1 Å². The Bertz CT molecular complexity index is 2870. The number of cyclic esters (lactones) is 1. The fourth-order valence-corrected chi connectivity index (χ4v) is 10.8. The van der Waals surface area contributed by atoms with Crippen LogP contribution < -0.4 is 4.90 Å². The van der Waals surface area contributed by atoms with E-state index in [0.29, 0.717) is 29.8 Å². The van der Waals surface area contributed by atoms with Gasteiger partial charge in [-0.25, -0.2) is 14.4 Å². The highest BCUT2D eigenvalue weighted by Gasteiger charge is 2.76. The third-order valence-corrected chi connectivity index (χ3v) is 13.7. The van der Waals surface area contributed by atoms with Crippen LogP contribution in [0.5, 0.6) is 5.75 Å².